The highest BCUT2D eigenvalue weighted by molar-refractivity contribution is 6.18. The third-order valence-corrected chi connectivity index (χ3v) is 3.14. The van der Waals surface area contributed by atoms with E-state index < -0.39 is 0 Å². The largest absolute Gasteiger partial charge is 0.496 e. The van der Waals surface area contributed by atoms with Crippen LogP contribution >= 0.6 is 11.6 Å². The summed E-state index contributed by atoms with van der Waals surface area (Å²) in [5.41, 5.74) is 2.65. The first kappa shape index (κ1) is 14.3. The van der Waals surface area contributed by atoms with Crippen LogP contribution in [0.2, 0.25) is 0 Å². The number of hydrogen-bond donors (Lipinski definition) is 0. The van der Waals surface area contributed by atoms with E-state index in [0.29, 0.717) is 5.88 Å². The molecule has 0 bridgehead atoms. The van der Waals surface area contributed by atoms with E-state index in [1.54, 1.807) is 7.11 Å². The molecule has 96 valence electrons. The summed E-state index contributed by atoms with van der Waals surface area (Å²) >= 11 is 5.71. The molecular weight excluding hydrogens is 234 g/mol. The molecular formula is C14H22ClNO. The highest BCUT2D eigenvalue weighted by Crippen LogP contribution is 2.20. The zero-order chi connectivity index (χ0) is 12.7. The van der Waals surface area contributed by atoms with E-state index in [1.807, 2.05) is 0 Å². The minimum Gasteiger partial charge on any atom is -0.496 e. The van der Waals surface area contributed by atoms with Crippen LogP contribution in [-0.4, -0.2) is 38.0 Å². The van der Waals surface area contributed by atoms with Gasteiger partial charge in [0, 0.05) is 19.0 Å². The molecule has 0 spiro atoms. The molecule has 0 heterocycles. The number of rotatable bonds is 7. The SMILES string of the molecule is CCc1cc(CCN(C)CCCl)ccc1OC. The second-order valence-electron chi connectivity index (χ2n) is 4.24. The number of likely N-dealkylation sites (N-methyl/N-ethyl adjacent to an activating group) is 1. The predicted octanol–water partition coefficient (Wildman–Crippen LogP) is 2.97. The molecule has 1 aromatic carbocycles. The predicted molar refractivity (Wildman–Crippen MR) is 74.3 cm³/mol. The smallest absolute Gasteiger partial charge is 0.122 e. The summed E-state index contributed by atoms with van der Waals surface area (Å²) in [6.07, 6.45) is 2.07. The van der Waals surface area contributed by atoms with Gasteiger partial charge in [-0.2, -0.15) is 0 Å². The van der Waals surface area contributed by atoms with E-state index in [2.05, 4.69) is 37.1 Å². The van der Waals surface area contributed by atoms with Crippen molar-refractivity contribution in [2.24, 2.45) is 0 Å². The zero-order valence-corrected chi connectivity index (χ0v) is 11.8. The molecule has 0 unspecified atom stereocenters. The summed E-state index contributed by atoms with van der Waals surface area (Å²) < 4.78 is 5.33. The lowest BCUT2D eigenvalue weighted by molar-refractivity contribution is 0.359. The Morgan fingerprint density at radius 2 is 2.06 bits per heavy atom. The number of halogens is 1. The highest BCUT2D eigenvalue weighted by Gasteiger charge is 2.04. The number of ether oxygens (including phenoxy) is 1. The van der Waals surface area contributed by atoms with Crippen molar-refractivity contribution >= 4 is 11.6 Å². The van der Waals surface area contributed by atoms with Gasteiger partial charge < -0.3 is 9.64 Å². The van der Waals surface area contributed by atoms with Crippen LogP contribution in [0.5, 0.6) is 5.75 Å². The Morgan fingerprint density at radius 3 is 2.65 bits per heavy atom. The van der Waals surface area contributed by atoms with Crippen molar-refractivity contribution < 1.29 is 4.74 Å². The van der Waals surface area contributed by atoms with Gasteiger partial charge in [-0.1, -0.05) is 19.1 Å². The molecule has 0 aliphatic heterocycles. The molecule has 1 aromatic rings. The second-order valence-corrected chi connectivity index (χ2v) is 4.62. The van der Waals surface area contributed by atoms with Gasteiger partial charge in [0.15, 0.2) is 0 Å². The Balaban J connectivity index is 2.60. The van der Waals surface area contributed by atoms with Crippen molar-refractivity contribution in [1.29, 1.82) is 0 Å². The fourth-order valence-corrected chi connectivity index (χ4v) is 2.13. The van der Waals surface area contributed by atoms with Crippen LogP contribution in [-0.2, 0) is 12.8 Å². The number of alkyl halides is 1. The summed E-state index contributed by atoms with van der Waals surface area (Å²) in [7, 11) is 3.83. The molecule has 1 rings (SSSR count). The molecule has 0 aliphatic rings. The van der Waals surface area contributed by atoms with Crippen molar-refractivity contribution in [2.75, 3.05) is 33.1 Å². The quantitative estimate of drug-likeness (QED) is 0.695. The molecule has 0 saturated heterocycles. The third-order valence-electron chi connectivity index (χ3n) is 2.97. The van der Waals surface area contributed by atoms with Gasteiger partial charge in [0.05, 0.1) is 7.11 Å². The lowest BCUT2D eigenvalue weighted by Gasteiger charge is -2.15. The molecule has 0 aliphatic carbocycles. The molecule has 0 N–H and O–H groups in total. The van der Waals surface area contributed by atoms with Crippen LogP contribution < -0.4 is 4.74 Å². The van der Waals surface area contributed by atoms with Gasteiger partial charge in [-0.3, -0.25) is 0 Å². The van der Waals surface area contributed by atoms with Crippen LogP contribution in [0.15, 0.2) is 18.2 Å². The van der Waals surface area contributed by atoms with Crippen molar-refractivity contribution in [3.8, 4) is 5.75 Å². The van der Waals surface area contributed by atoms with Crippen LogP contribution in [0.4, 0.5) is 0 Å². The molecule has 2 nitrogen and oxygen atoms in total. The lowest BCUT2D eigenvalue weighted by atomic mass is 10.1. The second kappa shape index (κ2) is 7.57. The minimum absolute atomic E-state index is 0.694. The van der Waals surface area contributed by atoms with Crippen LogP contribution in [0.1, 0.15) is 18.1 Å². The zero-order valence-electron chi connectivity index (χ0n) is 11.0. The summed E-state index contributed by atoms with van der Waals surface area (Å²) in [5.74, 6) is 1.68. The van der Waals surface area contributed by atoms with Gasteiger partial charge in [-0.15, -0.1) is 11.6 Å². The Morgan fingerprint density at radius 1 is 1.29 bits per heavy atom. The van der Waals surface area contributed by atoms with Gasteiger partial charge in [0.2, 0.25) is 0 Å². The standard InChI is InChI=1S/C14H22ClNO/c1-4-13-11-12(5-6-14(13)17-3)7-9-16(2)10-8-15/h5-6,11H,4,7-10H2,1-3H3. The van der Waals surface area contributed by atoms with E-state index in [4.69, 9.17) is 16.3 Å². The fourth-order valence-electron chi connectivity index (χ4n) is 1.84. The number of hydrogen-bond acceptors (Lipinski definition) is 2. The molecule has 0 amide bonds. The van der Waals surface area contributed by atoms with Crippen LogP contribution in [0.3, 0.4) is 0 Å². The highest BCUT2D eigenvalue weighted by atomic mass is 35.5. The molecule has 0 aromatic heterocycles. The summed E-state index contributed by atoms with van der Waals surface area (Å²) in [6, 6.07) is 6.45. The van der Waals surface area contributed by atoms with Crippen LogP contribution in [0.25, 0.3) is 0 Å². The number of benzene rings is 1. The minimum atomic E-state index is 0.694. The number of methoxy groups -OCH3 is 1. The average molecular weight is 256 g/mol. The van der Waals surface area contributed by atoms with Crippen molar-refractivity contribution in [3.63, 3.8) is 0 Å². The first-order valence-corrected chi connectivity index (χ1v) is 6.65. The van der Waals surface area contributed by atoms with Crippen molar-refractivity contribution in [2.45, 2.75) is 19.8 Å². The third kappa shape index (κ3) is 4.57. The lowest BCUT2D eigenvalue weighted by Crippen LogP contribution is -2.23. The van der Waals surface area contributed by atoms with E-state index in [9.17, 15) is 0 Å². The maximum absolute atomic E-state index is 5.71. The number of nitrogens with zero attached hydrogens (tertiary/aromatic N) is 1. The first-order valence-electron chi connectivity index (χ1n) is 6.11. The monoisotopic (exact) mass is 255 g/mol. The molecule has 0 fully saturated rings. The molecule has 0 atom stereocenters. The Kier molecular flexibility index (Phi) is 6.38. The van der Waals surface area contributed by atoms with Gasteiger partial charge >= 0.3 is 0 Å². The molecule has 0 radical (unpaired) electrons. The van der Waals surface area contributed by atoms with Gasteiger partial charge in [0.1, 0.15) is 5.75 Å². The average Bonchev–Trinajstić information content (AvgIpc) is 2.36. The molecule has 0 saturated carbocycles. The molecule has 3 heteroatoms. The summed E-state index contributed by atoms with van der Waals surface area (Å²) in [4.78, 5) is 2.25. The Labute approximate surface area is 110 Å². The normalized spacial score (nSPS) is 10.9. The Hall–Kier alpha value is -0.730. The maximum atomic E-state index is 5.71. The Bertz CT molecular complexity index is 341. The maximum Gasteiger partial charge on any atom is 0.122 e. The number of aryl methyl sites for hydroxylation is 1. The van der Waals surface area contributed by atoms with Gasteiger partial charge in [-0.05, 0) is 37.1 Å². The van der Waals surface area contributed by atoms with E-state index in [-0.39, 0.29) is 0 Å². The first-order chi connectivity index (χ1) is 8.21. The van der Waals surface area contributed by atoms with E-state index >= 15 is 0 Å². The summed E-state index contributed by atoms with van der Waals surface area (Å²) in [5, 5.41) is 0. The van der Waals surface area contributed by atoms with Gasteiger partial charge in [0.25, 0.3) is 0 Å². The van der Waals surface area contributed by atoms with Crippen molar-refractivity contribution in [1.82, 2.24) is 4.90 Å². The fraction of sp³-hybridized carbons (Fsp3) is 0.571. The van der Waals surface area contributed by atoms with E-state index in [0.717, 1.165) is 31.7 Å². The summed E-state index contributed by atoms with van der Waals surface area (Å²) in [6.45, 7) is 4.14. The topological polar surface area (TPSA) is 12.5 Å². The van der Waals surface area contributed by atoms with Crippen molar-refractivity contribution in [3.05, 3.63) is 29.3 Å². The van der Waals surface area contributed by atoms with Crippen LogP contribution in [0, 0.1) is 0 Å². The van der Waals surface area contributed by atoms with E-state index in [1.165, 1.54) is 11.1 Å². The van der Waals surface area contributed by atoms with Gasteiger partial charge in [-0.25, -0.2) is 0 Å². The molecule has 17 heavy (non-hydrogen) atoms.